The second-order valence-corrected chi connectivity index (χ2v) is 5.91. The molecule has 1 aromatic carbocycles. The predicted molar refractivity (Wildman–Crippen MR) is 75.8 cm³/mol. The summed E-state index contributed by atoms with van der Waals surface area (Å²) in [5.41, 5.74) is 6.95. The van der Waals surface area contributed by atoms with Crippen LogP contribution in [0.5, 0.6) is 0 Å². The van der Waals surface area contributed by atoms with Gasteiger partial charge in [0, 0.05) is 5.54 Å². The highest BCUT2D eigenvalue weighted by atomic mass is 16.5. The number of carbonyl (C=O) groups is 1. The van der Waals surface area contributed by atoms with Crippen LogP contribution < -0.4 is 11.1 Å². The van der Waals surface area contributed by atoms with Gasteiger partial charge >= 0.3 is 0 Å². The smallest absolute Gasteiger partial charge is 0.251 e. The van der Waals surface area contributed by atoms with Crippen LogP contribution >= 0.6 is 0 Å². The highest BCUT2D eigenvalue weighted by molar-refractivity contribution is 6.03. The molecule has 1 saturated heterocycles. The summed E-state index contributed by atoms with van der Waals surface area (Å²) in [5.74, 6) is 0.0634. The molecule has 6 nitrogen and oxygen atoms in total. The highest BCUT2D eigenvalue weighted by Gasteiger charge is 2.43. The van der Waals surface area contributed by atoms with Crippen molar-refractivity contribution < 1.29 is 13.9 Å². The van der Waals surface area contributed by atoms with Crippen molar-refractivity contribution in [2.24, 2.45) is 5.73 Å². The molecule has 21 heavy (non-hydrogen) atoms. The zero-order chi connectivity index (χ0) is 14.4. The topological polar surface area (TPSA) is 90.4 Å². The number of primary amides is 1. The molecule has 6 heteroatoms. The Morgan fingerprint density at radius 1 is 1.43 bits per heavy atom. The maximum atomic E-state index is 11.5. The number of para-hydroxylation sites is 1. The Labute approximate surface area is 121 Å². The van der Waals surface area contributed by atoms with Crippen molar-refractivity contribution in [2.75, 3.05) is 13.2 Å². The lowest BCUT2D eigenvalue weighted by Gasteiger charge is -2.47. The fraction of sp³-hybridized carbons (Fsp3) is 0.467. The maximum absolute atomic E-state index is 11.5. The number of nitrogens with one attached hydrogen (secondary N) is 1. The third kappa shape index (κ3) is 2.02. The van der Waals surface area contributed by atoms with Gasteiger partial charge in [-0.2, -0.15) is 0 Å². The number of ether oxygens (including phenoxy) is 1. The third-order valence-corrected chi connectivity index (χ3v) is 4.45. The molecule has 2 aromatic rings. The Morgan fingerprint density at radius 2 is 2.29 bits per heavy atom. The van der Waals surface area contributed by atoms with E-state index in [1.165, 1.54) is 6.42 Å². The Morgan fingerprint density at radius 3 is 3.00 bits per heavy atom. The molecule has 1 atom stereocenters. The number of benzene rings is 1. The minimum Gasteiger partial charge on any atom is -0.439 e. The number of carbonyl (C=O) groups excluding carboxylic acids is 1. The molecular weight excluding hydrogens is 270 g/mol. The Bertz CT molecular complexity index is 705. The Balaban J connectivity index is 1.70. The van der Waals surface area contributed by atoms with Crippen molar-refractivity contribution in [3.63, 3.8) is 0 Å². The Kier molecular flexibility index (Phi) is 2.77. The van der Waals surface area contributed by atoms with Gasteiger partial charge in [0.1, 0.15) is 11.6 Å². The minimum absolute atomic E-state index is 0.0767. The lowest BCUT2D eigenvalue weighted by Crippen LogP contribution is -2.59. The maximum Gasteiger partial charge on any atom is 0.251 e. The van der Waals surface area contributed by atoms with Gasteiger partial charge in [0.15, 0.2) is 5.58 Å². The average Bonchev–Trinajstić information content (AvgIpc) is 2.89. The number of rotatable bonds is 2. The van der Waals surface area contributed by atoms with Crippen LogP contribution in [0, 0.1) is 0 Å². The van der Waals surface area contributed by atoms with E-state index in [1.54, 1.807) is 18.2 Å². The van der Waals surface area contributed by atoms with Gasteiger partial charge in [-0.05, 0) is 31.4 Å². The quantitative estimate of drug-likeness (QED) is 0.873. The molecular formula is C15H17N3O3. The van der Waals surface area contributed by atoms with Crippen LogP contribution in [0.3, 0.4) is 0 Å². The van der Waals surface area contributed by atoms with Crippen LogP contribution in [0.1, 0.15) is 41.6 Å². The summed E-state index contributed by atoms with van der Waals surface area (Å²) >= 11 is 0. The summed E-state index contributed by atoms with van der Waals surface area (Å²) in [6.07, 6.45) is 3.47. The summed E-state index contributed by atoms with van der Waals surface area (Å²) in [7, 11) is 0. The normalized spacial score (nSPS) is 24.1. The number of hydrogen-bond donors (Lipinski definition) is 2. The van der Waals surface area contributed by atoms with E-state index in [9.17, 15) is 4.79 Å². The molecule has 1 amide bonds. The van der Waals surface area contributed by atoms with E-state index < -0.39 is 5.91 Å². The van der Waals surface area contributed by atoms with Gasteiger partial charge in [0.05, 0.1) is 18.8 Å². The van der Waals surface area contributed by atoms with Crippen LogP contribution in [-0.2, 0) is 4.74 Å². The molecule has 1 unspecified atom stereocenters. The van der Waals surface area contributed by atoms with Gasteiger partial charge in [-0.25, -0.2) is 4.98 Å². The van der Waals surface area contributed by atoms with E-state index in [2.05, 4.69) is 10.3 Å². The van der Waals surface area contributed by atoms with Gasteiger partial charge in [-0.3, -0.25) is 10.1 Å². The number of hydrogen-bond acceptors (Lipinski definition) is 5. The first kappa shape index (κ1) is 12.8. The molecule has 0 bridgehead atoms. The minimum atomic E-state index is -0.497. The zero-order valence-electron chi connectivity index (χ0n) is 11.6. The van der Waals surface area contributed by atoms with Crippen molar-refractivity contribution >= 4 is 17.0 Å². The first-order chi connectivity index (χ1) is 10.2. The van der Waals surface area contributed by atoms with Gasteiger partial charge in [-0.15, -0.1) is 0 Å². The summed E-state index contributed by atoms with van der Waals surface area (Å²) in [6, 6.07) is 5.12. The molecule has 1 aromatic heterocycles. The number of morpholine rings is 1. The van der Waals surface area contributed by atoms with Gasteiger partial charge < -0.3 is 14.9 Å². The van der Waals surface area contributed by atoms with E-state index in [0.717, 1.165) is 19.4 Å². The number of nitrogens with zero attached hydrogens (tertiary/aromatic N) is 1. The molecule has 1 saturated carbocycles. The second kappa shape index (κ2) is 4.54. The lowest BCUT2D eigenvalue weighted by molar-refractivity contribution is -0.0420. The van der Waals surface area contributed by atoms with E-state index >= 15 is 0 Å². The fourth-order valence-corrected chi connectivity index (χ4v) is 3.16. The molecule has 1 aliphatic carbocycles. The SMILES string of the molecule is NC(=O)c1cccc2oc(C3COCC4(CCC4)N3)nc12. The predicted octanol–water partition coefficient (Wildman–Crippen LogP) is 1.51. The number of aromatic nitrogens is 1. The van der Waals surface area contributed by atoms with Crippen molar-refractivity contribution in [1.82, 2.24) is 10.3 Å². The van der Waals surface area contributed by atoms with Gasteiger partial charge in [0.25, 0.3) is 5.91 Å². The van der Waals surface area contributed by atoms with Crippen LogP contribution in [0.15, 0.2) is 22.6 Å². The second-order valence-electron chi connectivity index (χ2n) is 5.91. The number of oxazole rings is 1. The largest absolute Gasteiger partial charge is 0.439 e. The van der Waals surface area contributed by atoms with Crippen LogP contribution in [-0.4, -0.2) is 29.6 Å². The molecule has 2 fully saturated rings. The van der Waals surface area contributed by atoms with Crippen molar-refractivity contribution in [1.29, 1.82) is 0 Å². The van der Waals surface area contributed by atoms with Crippen molar-refractivity contribution in [3.05, 3.63) is 29.7 Å². The molecule has 1 spiro atoms. The molecule has 4 rings (SSSR count). The lowest BCUT2D eigenvalue weighted by atomic mass is 9.76. The number of nitrogens with two attached hydrogens (primary N) is 1. The first-order valence-electron chi connectivity index (χ1n) is 7.22. The monoisotopic (exact) mass is 287 g/mol. The van der Waals surface area contributed by atoms with Crippen LogP contribution in [0.2, 0.25) is 0 Å². The molecule has 110 valence electrons. The molecule has 3 N–H and O–H groups in total. The standard InChI is InChI=1S/C15H17N3O3/c16-13(19)9-3-1-4-11-12(9)17-14(21-11)10-7-20-8-15(18-10)5-2-6-15/h1,3-4,10,18H,2,5-8H2,(H2,16,19). The third-order valence-electron chi connectivity index (χ3n) is 4.45. The Hall–Kier alpha value is -1.92. The molecule has 2 aliphatic rings. The summed E-state index contributed by atoms with van der Waals surface area (Å²) in [6.45, 7) is 1.27. The van der Waals surface area contributed by atoms with Crippen molar-refractivity contribution in [2.45, 2.75) is 30.8 Å². The first-order valence-corrected chi connectivity index (χ1v) is 7.22. The number of amides is 1. The van der Waals surface area contributed by atoms with E-state index in [-0.39, 0.29) is 11.6 Å². The zero-order valence-corrected chi connectivity index (χ0v) is 11.6. The fourth-order valence-electron chi connectivity index (χ4n) is 3.16. The number of fused-ring (bicyclic) bond motifs is 1. The van der Waals surface area contributed by atoms with Gasteiger partial charge in [0.2, 0.25) is 5.89 Å². The summed E-state index contributed by atoms with van der Waals surface area (Å²) in [4.78, 5) is 15.9. The van der Waals surface area contributed by atoms with E-state index in [4.69, 9.17) is 14.9 Å². The van der Waals surface area contributed by atoms with Crippen molar-refractivity contribution in [3.8, 4) is 0 Å². The molecule has 1 aliphatic heterocycles. The average molecular weight is 287 g/mol. The van der Waals surface area contributed by atoms with E-state index in [1.807, 2.05) is 0 Å². The van der Waals surface area contributed by atoms with E-state index in [0.29, 0.717) is 29.2 Å². The molecule has 2 heterocycles. The van der Waals surface area contributed by atoms with Crippen LogP contribution in [0.4, 0.5) is 0 Å². The summed E-state index contributed by atoms with van der Waals surface area (Å²) in [5, 5.41) is 3.59. The summed E-state index contributed by atoms with van der Waals surface area (Å²) < 4.78 is 11.5. The molecule has 0 radical (unpaired) electrons. The highest BCUT2D eigenvalue weighted by Crippen LogP contribution is 2.37. The van der Waals surface area contributed by atoms with Crippen LogP contribution in [0.25, 0.3) is 11.1 Å². The van der Waals surface area contributed by atoms with Gasteiger partial charge in [-0.1, -0.05) is 6.07 Å².